The number of anilines is 1. The van der Waals surface area contributed by atoms with E-state index in [0.717, 1.165) is 32.2 Å². The van der Waals surface area contributed by atoms with E-state index in [1.165, 1.54) is 108 Å². The van der Waals surface area contributed by atoms with Crippen molar-refractivity contribution < 1.29 is 17.5 Å². The van der Waals surface area contributed by atoms with Crippen molar-refractivity contribution in [2.24, 2.45) is 0 Å². The summed E-state index contributed by atoms with van der Waals surface area (Å²) in [6, 6.07) is 9.76. The molecule has 5 nitrogen and oxygen atoms in total. The number of fused-ring (bicyclic) bond motifs is 6. The molecule has 6 rings (SSSR count). The van der Waals surface area contributed by atoms with Gasteiger partial charge < -0.3 is 9.45 Å². The summed E-state index contributed by atoms with van der Waals surface area (Å²) in [5.74, 6) is -0.307. The van der Waals surface area contributed by atoms with Gasteiger partial charge in [0.15, 0.2) is 5.71 Å². The Morgan fingerprint density at radius 2 is 1.52 bits per heavy atom. The first-order valence-corrected chi connectivity index (χ1v) is 18.9. The lowest BCUT2D eigenvalue weighted by molar-refractivity contribution is -0.440. The molecule has 2 atom stereocenters. The number of benzene rings is 2. The highest BCUT2D eigenvalue weighted by Gasteiger charge is 2.49. The summed E-state index contributed by atoms with van der Waals surface area (Å²) >= 11 is 0. The molecule has 2 aromatic rings. The molecule has 238 valence electrons. The molecule has 0 saturated heterocycles. The van der Waals surface area contributed by atoms with Crippen molar-refractivity contribution in [1.82, 2.24) is 0 Å². The third kappa shape index (κ3) is 5.48. The van der Waals surface area contributed by atoms with Gasteiger partial charge in [0.05, 0.1) is 15.5 Å². The maximum Gasteiger partial charge on any atom is 0.212 e. The predicted molar refractivity (Wildman–Crippen MR) is 182 cm³/mol. The molecule has 44 heavy (non-hydrogen) atoms. The lowest BCUT2D eigenvalue weighted by atomic mass is 9.71. The first-order chi connectivity index (χ1) is 21.0. The average Bonchev–Trinajstić information content (AvgIpc) is 3.29. The van der Waals surface area contributed by atoms with E-state index in [-0.39, 0.29) is 16.6 Å². The van der Waals surface area contributed by atoms with Crippen LogP contribution >= 0.6 is 0 Å². The molecule has 2 aromatic carbocycles. The fraction of sp³-hybridized carbons (Fsp3) is 0.605. The van der Waals surface area contributed by atoms with E-state index in [1.807, 2.05) is 0 Å². The lowest BCUT2D eigenvalue weighted by Crippen LogP contribution is -2.34. The zero-order valence-electron chi connectivity index (χ0n) is 27.7. The van der Waals surface area contributed by atoms with Gasteiger partial charge >= 0.3 is 0 Å². The summed E-state index contributed by atoms with van der Waals surface area (Å²) in [7, 11) is -4.23. The molecule has 1 fully saturated rings. The fourth-order valence-corrected chi connectivity index (χ4v) is 9.63. The number of hydrogen-bond donors (Lipinski definition) is 0. The van der Waals surface area contributed by atoms with Crippen molar-refractivity contribution in [2.75, 3.05) is 23.7 Å². The Balaban J connectivity index is 1.47. The number of nitrogens with zero attached hydrogens (tertiary/aromatic N) is 2. The topological polar surface area (TPSA) is 63.5 Å². The lowest BCUT2D eigenvalue weighted by Gasteiger charge is -2.32. The van der Waals surface area contributed by atoms with Crippen molar-refractivity contribution in [1.29, 1.82) is 0 Å². The smallest absolute Gasteiger partial charge is 0.212 e. The quantitative estimate of drug-likeness (QED) is 0.230. The third-order valence-electron chi connectivity index (χ3n) is 11.3. The number of allylic oxidation sites excluding steroid dienone is 2. The van der Waals surface area contributed by atoms with Crippen LogP contribution < -0.4 is 4.90 Å². The highest BCUT2D eigenvalue weighted by Crippen LogP contribution is 2.55. The van der Waals surface area contributed by atoms with Crippen LogP contribution in [0.1, 0.15) is 126 Å². The van der Waals surface area contributed by atoms with Gasteiger partial charge in [0.1, 0.15) is 6.54 Å². The van der Waals surface area contributed by atoms with Crippen molar-refractivity contribution in [3.63, 3.8) is 0 Å². The molecule has 6 heteroatoms. The molecule has 0 N–H and O–H groups in total. The van der Waals surface area contributed by atoms with Crippen LogP contribution in [0.15, 0.2) is 36.0 Å². The molecular formula is C38H52N2O3S. The Bertz CT molecular complexity index is 1620. The van der Waals surface area contributed by atoms with Crippen LogP contribution in [0.4, 0.5) is 11.4 Å². The second kappa shape index (κ2) is 12.1. The largest absolute Gasteiger partial charge is 0.748 e. The van der Waals surface area contributed by atoms with Crippen LogP contribution in [0.25, 0.3) is 11.1 Å². The summed E-state index contributed by atoms with van der Waals surface area (Å²) in [6.45, 7) is 13.4. The van der Waals surface area contributed by atoms with Crippen LogP contribution in [-0.2, 0) is 20.9 Å². The number of rotatable bonds is 7. The van der Waals surface area contributed by atoms with Gasteiger partial charge in [-0.2, -0.15) is 4.58 Å². The molecule has 0 bridgehead atoms. The van der Waals surface area contributed by atoms with Crippen molar-refractivity contribution in [3.05, 3.63) is 58.3 Å². The molecule has 2 heterocycles. The van der Waals surface area contributed by atoms with E-state index in [2.05, 4.69) is 74.4 Å². The van der Waals surface area contributed by atoms with Crippen LogP contribution in [0.5, 0.6) is 0 Å². The summed E-state index contributed by atoms with van der Waals surface area (Å²) in [5, 5.41) is 0. The molecule has 0 amide bonds. The van der Waals surface area contributed by atoms with Gasteiger partial charge in [-0.05, 0) is 113 Å². The van der Waals surface area contributed by atoms with Gasteiger partial charge in [-0.15, -0.1) is 0 Å². The van der Waals surface area contributed by atoms with Crippen LogP contribution in [0.3, 0.4) is 0 Å². The molecule has 0 aromatic heterocycles. The van der Waals surface area contributed by atoms with Gasteiger partial charge in [0.2, 0.25) is 5.69 Å². The van der Waals surface area contributed by atoms with Crippen LogP contribution in [0.2, 0.25) is 0 Å². The van der Waals surface area contributed by atoms with Crippen LogP contribution in [0, 0.1) is 13.8 Å². The van der Waals surface area contributed by atoms with Crippen molar-refractivity contribution in [3.8, 4) is 11.1 Å². The van der Waals surface area contributed by atoms with Crippen LogP contribution in [-0.4, -0.2) is 42.1 Å². The maximum absolute atomic E-state index is 11.5. The number of hydrogen-bond acceptors (Lipinski definition) is 4. The number of aryl methyl sites for hydroxylation is 2. The van der Waals surface area contributed by atoms with Crippen molar-refractivity contribution >= 4 is 27.2 Å². The zero-order valence-corrected chi connectivity index (χ0v) is 28.5. The monoisotopic (exact) mass is 616 g/mol. The van der Waals surface area contributed by atoms with Gasteiger partial charge in [0.25, 0.3) is 0 Å². The van der Waals surface area contributed by atoms with Crippen molar-refractivity contribution in [2.45, 2.75) is 129 Å². The average molecular weight is 617 g/mol. The minimum Gasteiger partial charge on any atom is -0.748 e. The fourth-order valence-electron chi connectivity index (χ4n) is 9.15. The molecule has 1 saturated carbocycles. The normalized spacial score (nSPS) is 26.5. The van der Waals surface area contributed by atoms with Gasteiger partial charge in [-0.3, -0.25) is 0 Å². The van der Waals surface area contributed by atoms with E-state index < -0.39 is 10.1 Å². The highest BCUT2D eigenvalue weighted by atomic mass is 32.2. The second-order valence-corrected chi connectivity index (χ2v) is 16.0. The molecular weight excluding hydrogens is 564 g/mol. The summed E-state index contributed by atoms with van der Waals surface area (Å²) in [4.78, 5) is 2.64. The Morgan fingerprint density at radius 1 is 0.864 bits per heavy atom. The maximum atomic E-state index is 11.5. The highest BCUT2D eigenvalue weighted by molar-refractivity contribution is 7.85. The Labute approximate surface area is 266 Å². The first kappa shape index (κ1) is 31.5. The van der Waals surface area contributed by atoms with E-state index in [9.17, 15) is 13.0 Å². The minimum atomic E-state index is -4.23. The molecule has 2 unspecified atom stereocenters. The Hall–Kier alpha value is -2.44. The second-order valence-electron chi connectivity index (χ2n) is 14.5. The molecule has 0 radical (unpaired) electrons. The first-order valence-electron chi connectivity index (χ1n) is 17.3. The van der Waals surface area contributed by atoms with Gasteiger partial charge in [-0.25, -0.2) is 8.42 Å². The third-order valence-corrected chi connectivity index (χ3v) is 12.1. The van der Waals surface area contributed by atoms with E-state index in [4.69, 9.17) is 0 Å². The standard InChI is InChI=1S/C38H52N2O3S/c1-6-20-39-33-16-11-7-9-13-18-37(33,4)31-25-29(23-27(2)35(31)39)30-24-28(3)36-32(26-30)38(5)19-14-10-8-12-17-34(38)40(36)21-15-22-44(41,42)43/h16,23-26H,6-15,17-22H2,1-5H3/b33-16+. The predicted octanol–water partition coefficient (Wildman–Crippen LogP) is 8.95. The van der Waals surface area contributed by atoms with Gasteiger partial charge in [-0.1, -0.05) is 45.1 Å². The minimum absolute atomic E-state index is 0.0443. The summed E-state index contributed by atoms with van der Waals surface area (Å²) < 4.78 is 36.9. The van der Waals surface area contributed by atoms with E-state index in [1.54, 1.807) is 0 Å². The summed E-state index contributed by atoms with van der Waals surface area (Å²) in [5.41, 5.74) is 13.7. The van der Waals surface area contributed by atoms with E-state index in [0.29, 0.717) is 13.0 Å². The molecule has 4 aliphatic rings. The van der Waals surface area contributed by atoms with Gasteiger partial charge in [0, 0.05) is 53.1 Å². The Morgan fingerprint density at radius 3 is 2.25 bits per heavy atom. The zero-order chi connectivity index (χ0) is 31.3. The Kier molecular flexibility index (Phi) is 8.64. The summed E-state index contributed by atoms with van der Waals surface area (Å²) in [6.07, 6.45) is 17.3. The molecule has 2 aliphatic heterocycles. The molecule has 2 aliphatic carbocycles. The van der Waals surface area contributed by atoms with E-state index >= 15 is 0 Å². The molecule has 0 spiro atoms. The SMILES string of the molecule is CCCN1/C2=C/CCCCCC2(C)c2cc(-c3cc(C)c4c(c3)C3(C)CCCCCCC3=[N+]4CCCS(=O)(=O)[O-])cc(C)c21.